The minimum absolute atomic E-state index is 0.285. The summed E-state index contributed by atoms with van der Waals surface area (Å²) in [5.74, 6) is 1.05. The lowest BCUT2D eigenvalue weighted by atomic mass is 10.3. The minimum atomic E-state index is -6.02. The average molecular weight is 677 g/mol. The summed E-state index contributed by atoms with van der Waals surface area (Å²) in [6.07, 6.45) is 3.57. The highest BCUT2D eigenvalue weighted by atomic mass is 32.3. The predicted octanol–water partition coefficient (Wildman–Crippen LogP) is 10.4. The van der Waals surface area contributed by atoms with Crippen LogP contribution in [0.1, 0.15) is 39.5 Å². The fourth-order valence-corrected chi connectivity index (χ4v) is 12.6. The van der Waals surface area contributed by atoms with Crippen molar-refractivity contribution >= 4 is 54.9 Å². The Morgan fingerprint density at radius 2 is 1.31 bits per heavy atom. The molecule has 0 atom stereocenters. The number of rotatable bonds is 15. The molecular weight excluding hydrogens is 646 g/mol. The normalized spacial score (nSPS) is 12.8. The van der Waals surface area contributed by atoms with Gasteiger partial charge < -0.3 is 9.47 Å². The van der Waals surface area contributed by atoms with Crippen molar-refractivity contribution in [3.05, 3.63) is 78.2 Å². The van der Waals surface area contributed by atoms with Crippen LogP contribution in [-0.2, 0) is 13.7 Å². The molecule has 0 N–H and O–H groups in total. The molecule has 0 fully saturated rings. The van der Waals surface area contributed by atoms with Crippen molar-refractivity contribution < 1.29 is 34.7 Å². The van der Waals surface area contributed by atoms with Crippen molar-refractivity contribution in [2.24, 2.45) is 0 Å². The smallest absolute Gasteiger partial charge is 0.494 e. The molecule has 0 spiro atoms. The Morgan fingerprint density at radius 3 is 1.76 bits per heavy atom. The van der Waals surface area contributed by atoms with Gasteiger partial charge in [-0.1, -0.05) is 44.5 Å². The quantitative estimate of drug-likeness (QED) is 0.0923. The van der Waals surface area contributed by atoms with Crippen molar-refractivity contribution in [1.29, 1.82) is 0 Å². The Labute approximate surface area is 258 Å². The Morgan fingerprint density at radius 1 is 0.762 bits per heavy atom. The molecule has 0 bridgehead atoms. The van der Waals surface area contributed by atoms with Crippen LogP contribution in [0.15, 0.2) is 101 Å². The monoisotopic (exact) mass is 676 g/mol. The number of benzene rings is 2. The molecule has 2 heterocycles. The summed E-state index contributed by atoms with van der Waals surface area (Å²) < 4.78 is 86.3. The van der Waals surface area contributed by atoms with Gasteiger partial charge in [0.15, 0.2) is 0 Å². The summed E-state index contributed by atoms with van der Waals surface area (Å²) in [6, 6.07) is 20.1. The van der Waals surface area contributed by atoms with Crippen molar-refractivity contribution in [3.63, 3.8) is 0 Å². The summed E-state index contributed by atoms with van der Waals surface area (Å²) in [7, 11) is -9.45. The number of ether oxygens (including phenoxy) is 2. The molecule has 0 saturated carbocycles. The van der Waals surface area contributed by atoms with E-state index in [1.165, 1.54) is 34.4 Å². The van der Waals surface area contributed by atoms with Gasteiger partial charge in [0.2, 0.25) is 0 Å². The topological polar surface area (TPSA) is 61.8 Å². The third-order valence-electron chi connectivity index (χ3n) is 5.86. The van der Waals surface area contributed by atoms with Crippen LogP contribution < -0.4 is 9.47 Å². The number of hydrogen-bond donors (Lipinski definition) is 0. The van der Waals surface area contributed by atoms with Gasteiger partial charge in [-0.15, -0.1) is 22.7 Å². The standard InChI is InChI=1S/C29H31F3O5S5/c1-3-5-19-35-22-9-13-24(14-10-22)41(37-42(33,34)29(30,31)32,25-15-11-23(12-16-25)36-20-6-4-2)28-18-17-27(40-28)39-26-8-7-21-38-26/h7-18,21H,3-6,19-20H2,1-2H3. The van der Waals surface area contributed by atoms with Crippen LogP contribution in [0.5, 0.6) is 11.5 Å². The molecule has 4 aromatic rings. The maximum Gasteiger partial charge on any atom is 0.524 e. The lowest BCUT2D eigenvalue weighted by Crippen LogP contribution is -2.27. The molecule has 2 aromatic heterocycles. The highest BCUT2D eigenvalue weighted by Crippen LogP contribution is 2.72. The fourth-order valence-electron chi connectivity index (χ4n) is 3.71. The Kier molecular flexibility index (Phi) is 11.3. The Hall–Kier alpha value is -2.16. The summed E-state index contributed by atoms with van der Waals surface area (Å²) >= 11 is 4.20. The van der Waals surface area contributed by atoms with E-state index in [9.17, 15) is 21.6 Å². The van der Waals surface area contributed by atoms with Gasteiger partial charge >= 0.3 is 15.6 Å². The van der Waals surface area contributed by atoms with Crippen LogP contribution in [0.2, 0.25) is 0 Å². The Bertz CT molecular complexity index is 1450. The zero-order valence-electron chi connectivity index (χ0n) is 23.0. The van der Waals surface area contributed by atoms with E-state index in [0.29, 0.717) is 28.9 Å². The second-order valence-corrected chi connectivity index (χ2v) is 17.3. The van der Waals surface area contributed by atoms with Gasteiger partial charge in [-0.3, -0.25) is 0 Å². The predicted molar refractivity (Wildman–Crippen MR) is 165 cm³/mol. The first-order valence-corrected chi connectivity index (χ1v) is 18.7. The van der Waals surface area contributed by atoms with E-state index >= 15 is 0 Å². The molecule has 0 aliphatic heterocycles. The molecule has 0 aliphatic carbocycles. The van der Waals surface area contributed by atoms with E-state index in [1.807, 2.05) is 31.4 Å². The van der Waals surface area contributed by atoms with E-state index in [2.05, 4.69) is 0 Å². The summed E-state index contributed by atoms with van der Waals surface area (Å²) in [5, 5.41) is 1.93. The SMILES string of the molecule is CCCCOc1ccc(S(OS(=O)(=O)C(F)(F)F)(c2ccc(OCCCC)cc2)c2ccc(Sc3cccs3)s2)cc1. The van der Waals surface area contributed by atoms with E-state index < -0.39 is 25.9 Å². The van der Waals surface area contributed by atoms with E-state index in [4.69, 9.17) is 13.1 Å². The van der Waals surface area contributed by atoms with Gasteiger partial charge in [0, 0.05) is 9.79 Å². The third kappa shape index (κ3) is 7.86. The number of thiophene rings is 2. The van der Waals surface area contributed by atoms with Crippen molar-refractivity contribution in [2.75, 3.05) is 13.2 Å². The molecule has 0 saturated heterocycles. The molecule has 2 aromatic carbocycles. The van der Waals surface area contributed by atoms with Crippen LogP contribution in [0.4, 0.5) is 13.2 Å². The number of hydrogen-bond acceptors (Lipinski definition) is 8. The van der Waals surface area contributed by atoms with E-state index in [-0.39, 0.29) is 9.79 Å². The molecule has 5 nitrogen and oxygen atoms in total. The first-order chi connectivity index (χ1) is 20.1. The highest BCUT2D eigenvalue weighted by molar-refractivity contribution is 8.34. The van der Waals surface area contributed by atoms with E-state index in [0.717, 1.165) is 34.1 Å². The Balaban J connectivity index is 1.87. The largest absolute Gasteiger partial charge is 0.524 e. The summed E-state index contributed by atoms with van der Waals surface area (Å²) in [5.41, 5.74) is -5.62. The van der Waals surface area contributed by atoms with Crippen molar-refractivity contribution in [3.8, 4) is 11.5 Å². The molecular formula is C29H31F3O5S5. The molecule has 0 amide bonds. The molecule has 0 aliphatic rings. The zero-order valence-corrected chi connectivity index (χ0v) is 27.0. The second kappa shape index (κ2) is 14.5. The third-order valence-corrected chi connectivity index (χ3v) is 14.5. The zero-order chi connectivity index (χ0) is 30.2. The van der Waals surface area contributed by atoms with Gasteiger partial charge in [-0.05, 0) is 95.3 Å². The van der Waals surface area contributed by atoms with Crippen LogP contribution in [-0.4, -0.2) is 27.1 Å². The minimum Gasteiger partial charge on any atom is -0.494 e. The number of unbranched alkanes of at least 4 members (excludes halogenated alkanes) is 2. The maximum absolute atomic E-state index is 13.9. The van der Waals surface area contributed by atoms with Gasteiger partial charge in [-0.2, -0.15) is 25.2 Å². The molecule has 4 rings (SSSR count). The second-order valence-electron chi connectivity index (χ2n) is 8.98. The molecule has 13 heteroatoms. The average Bonchev–Trinajstić information content (AvgIpc) is 3.65. The molecule has 228 valence electrons. The van der Waals surface area contributed by atoms with Crippen LogP contribution >= 0.6 is 44.7 Å². The van der Waals surface area contributed by atoms with Gasteiger partial charge in [0.1, 0.15) is 11.5 Å². The molecule has 42 heavy (non-hydrogen) atoms. The van der Waals surface area contributed by atoms with Crippen LogP contribution in [0.25, 0.3) is 0 Å². The number of halogens is 3. The first kappa shape index (κ1) is 32.7. The number of alkyl halides is 3. The van der Waals surface area contributed by atoms with Crippen LogP contribution in [0, 0.1) is 0 Å². The molecule has 0 radical (unpaired) electrons. The first-order valence-electron chi connectivity index (χ1n) is 13.2. The van der Waals surface area contributed by atoms with Gasteiger partial charge in [0.25, 0.3) is 0 Å². The van der Waals surface area contributed by atoms with E-state index in [1.54, 1.807) is 60.7 Å². The van der Waals surface area contributed by atoms with Crippen LogP contribution in [0.3, 0.4) is 0 Å². The van der Waals surface area contributed by atoms with Gasteiger partial charge in [-0.25, -0.2) is 0 Å². The van der Waals surface area contributed by atoms with Crippen molar-refractivity contribution in [1.82, 2.24) is 0 Å². The van der Waals surface area contributed by atoms with Crippen molar-refractivity contribution in [2.45, 2.75) is 67.5 Å². The maximum atomic E-state index is 13.9. The fraction of sp³-hybridized carbons (Fsp3) is 0.310. The lowest BCUT2D eigenvalue weighted by Gasteiger charge is -2.38. The summed E-state index contributed by atoms with van der Waals surface area (Å²) in [6.45, 7) is 5.05. The van der Waals surface area contributed by atoms with Gasteiger partial charge in [0.05, 0.1) is 25.8 Å². The summed E-state index contributed by atoms with van der Waals surface area (Å²) in [4.78, 5) is 0.569. The highest BCUT2D eigenvalue weighted by Gasteiger charge is 2.53. The lowest BCUT2D eigenvalue weighted by molar-refractivity contribution is -0.0496. The molecule has 0 unspecified atom stereocenters.